The number of halogens is 1. The van der Waals surface area contributed by atoms with Crippen LogP contribution in [0.25, 0.3) is 55.8 Å². The van der Waals surface area contributed by atoms with E-state index in [0.29, 0.717) is 29.4 Å². The standard InChI is InChI=1S/C27H20FN7O/c1-2-23(36)32-22-10-9-16(13-29-22)17-12-20-25(34-35-26(20)30-14-17)27-31-21-8-4-7-19(24(21)33-27)15-5-3-6-18(28)11-15/h3-14H,2H2,1H3,(H,31,33)(H,29,32,36)(H,30,34,35). The summed E-state index contributed by atoms with van der Waals surface area (Å²) in [6, 6.07) is 17.9. The summed E-state index contributed by atoms with van der Waals surface area (Å²) in [6.07, 6.45) is 3.81. The number of carbonyl (C=O) groups is 1. The van der Waals surface area contributed by atoms with Gasteiger partial charge in [0.15, 0.2) is 11.5 Å². The minimum absolute atomic E-state index is 0.0900. The number of aromatic nitrogens is 6. The second-order valence-corrected chi connectivity index (χ2v) is 8.33. The van der Waals surface area contributed by atoms with Crippen molar-refractivity contribution in [2.75, 3.05) is 5.32 Å². The molecule has 6 rings (SSSR count). The number of para-hydroxylation sites is 1. The summed E-state index contributed by atoms with van der Waals surface area (Å²) >= 11 is 0. The van der Waals surface area contributed by atoms with Gasteiger partial charge in [-0.05, 0) is 42.0 Å². The quantitative estimate of drug-likeness (QED) is 0.294. The van der Waals surface area contributed by atoms with Crippen LogP contribution in [0.3, 0.4) is 0 Å². The van der Waals surface area contributed by atoms with Gasteiger partial charge in [-0.2, -0.15) is 5.10 Å². The lowest BCUT2D eigenvalue weighted by Gasteiger charge is -2.05. The molecule has 0 aliphatic carbocycles. The summed E-state index contributed by atoms with van der Waals surface area (Å²) in [4.78, 5) is 28.6. The number of amides is 1. The number of anilines is 1. The Balaban J connectivity index is 1.40. The SMILES string of the molecule is CCC(=O)Nc1ccc(-c2cnc3n[nH]c(-c4nc5c(-c6cccc(F)c6)cccc5[nH]4)c3c2)cn1. The Morgan fingerprint density at radius 2 is 1.83 bits per heavy atom. The Morgan fingerprint density at radius 3 is 2.64 bits per heavy atom. The van der Waals surface area contributed by atoms with E-state index in [9.17, 15) is 9.18 Å². The molecule has 6 aromatic rings. The zero-order chi connectivity index (χ0) is 24.6. The van der Waals surface area contributed by atoms with Gasteiger partial charge < -0.3 is 10.3 Å². The molecule has 2 aromatic carbocycles. The van der Waals surface area contributed by atoms with Gasteiger partial charge in [0.05, 0.1) is 16.4 Å². The third kappa shape index (κ3) is 3.86. The average Bonchev–Trinajstić information content (AvgIpc) is 3.52. The van der Waals surface area contributed by atoms with Gasteiger partial charge >= 0.3 is 0 Å². The first-order valence-corrected chi connectivity index (χ1v) is 11.4. The molecule has 0 bridgehead atoms. The first kappa shape index (κ1) is 21.6. The zero-order valence-electron chi connectivity index (χ0n) is 19.2. The van der Waals surface area contributed by atoms with Gasteiger partial charge in [-0.1, -0.05) is 31.2 Å². The maximum Gasteiger partial charge on any atom is 0.225 e. The van der Waals surface area contributed by atoms with E-state index in [1.165, 1.54) is 12.1 Å². The van der Waals surface area contributed by atoms with Crippen molar-refractivity contribution in [2.24, 2.45) is 0 Å². The molecule has 0 unspecified atom stereocenters. The highest BCUT2D eigenvalue weighted by Crippen LogP contribution is 2.32. The molecule has 4 heterocycles. The number of nitrogens with one attached hydrogen (secondary N) is 3. The lowest BCUT2D eigenvalue weighted by atomic mass is 10.0. The molecule has 4 aromatic heterocycles. The summed E-state index contributed by atoms with van der Waals surface area (Å²) in [5.74, 6) is 0.715. The second-order valence-electron chi connectivity index (χ2n) is 8.33. The molecule has 0 atom stereocenters. The van der Waals surface area contributed by atoms with Crippen molar-refractivity contribution in [1.29, 1.82) is 0 Å². The van der Waals surface area contributed by atoms with Crippen molar-refractivity contribution >= 4 is 33.8 Å². The third-order valence-corrected chi connectivity index (χ3v) is 5.98. The summed E-state index contributed by atoms with van der Waals surface area (Å²) in [6.45, 7) is 1.79. The molecule has 176 valence electrons. The summed E-state index contributed by atoms with van der Waals surface area (Å²) in [5, 5.41) is 10.9. The number of carbonyl (C=O) groups excluding carboxylic acids is 1. The first-order chi connectivity index (χ1) is 17.6. The van der Waals surface area contributed by atoms with E-state index in [0.717, 1.165) is 38.7 Å². The van der Waals surface area contributed by atoms with Gasteiger partial charge in [0.2, 0.25) is 5.91 Å². The van der Waals surface area contributed by atoms with E-state index in [1.54, 1.807) is 31.5 Å². The van der Waals surface area contributed by atoms with Gasteiger partial charge in [-0.25, -0.2) is 19.3 Å². The van der Waals surface area contributed by atoms with E-state index >= 15 is 0 Å². The molecule has 0 saturated heterocycles. The fourth-order valence-electron chi connectivity index (χ4n) is 4.15. The van der Waals surface area contributed by atoms with Crippen molar-refractivity contribution in [1.82, 2.24) is 30.1 Å². The van der Waals surface area contributed by atoms with Crippen LogP contribution in [0, 0.1) is 5.82 Å². The Morgan fingerprint density at radius 1 is 0.972 bits per heavy atom. The number of benzene rings is 2. The van der Waals surface area contributed by atoms with E-state index in [-0.39, 0.29) is 11.7 Å². The van der Waals surface area contributed by atoms with Crippen LogP contribution in [0.1, 0.15) is 13.3 Å². The lowest BCUT2D eigenvalue weighted by molar-refractivity contribution is -0.115. The van der Waals surface area contributed by atoms with Crippen molar-refractivity contribution < 1.29 is 9.18 Å². The number of pyridine rings is 2. The molecule has 0 saturated carbocycles. The normalized spacial score (nSPS) is 11.3. The van der Waals surface area contributed by atoms with Crippen molar-refractivity contribution in [3.63, 3.8) is 0 Å². The molecule has 0 fully saturated rings. The van der Waals surface area contributed by atoms with Crippen LogP contribution < -0.4 is 5.32 Å². The maximum absolute atomic E-state index is 13.9. The summed E-state index contributed by atoms with van der Waals surface area (Å²) in [7, 11) is 0. The predicted octanol–water partition coefficient (Wildman–Crippen LogP) is 5.72. The van der Waals surface area contributed by atoms with E-state index in [1.807, 2.05) is 36.4 Å². The molecule has 0 aliphatic heterocycles. The molecule has 36 heavy (non-hydrogen) atoms. The number of rotatable bonds is 5. The highest BCUT2D eigenvalue weighted by Gasteiger charge is 2.16. The van der Waals surface area contributed by atoms with E-state index in [4.69, 9.17) is 4.98 Å². The van der Waals surface area contributed by atoms with Gasteiger partial charge in [-0.15, -0.1) is 0 Å². The fourth-order valence-corrected chi connectivity index (χ4v) is 4.15. The highest BCUT2D eigenvalue weighted by molar-refractivity contribution is 5.97. The predicted molar refractivity (Wildman–Crippen MR) is 137 cm³/mol. The molecule has 3 N–H and O–H groups in total. The Labute approximate surface area is 204 Å². The number of hydrogen-bond donors (Lipinski definition) is 3. The molecule has 9 heteroatoms. The lowest BCUT2D eigenvalue weighted by Crippen LogP contribution is -2.10. The van der Waals surface area contributed by atoms with Crippen molar-refractivity contribution in [3.8, 4) is 33.8 Å². The Bertz CT molecular complexity index is 1740. The number of aromatic amines is 2. The topological polar surface area (TPSA) is 112 Å². The number of imidazole rings is 1. The second kappa shape index (κ2) is 8.70. The maximum atomic E-state index is 13.9. The number of nitrogens with zero attached hydrogens (tertiary/aromatic N) is 4. The van der Waals surface area contributed by atoms with Gasteiger partial charge in [0.1, 0.15) is 17.3 Å². The molecular weight excluding hydrogens is 457 g/mol. The zero-order valence-corrected chi connectivity index (χ0v) is 19.2. The third-order valence-electron chi connectivity index (χ3n) is 5.98. The Kier molecular flexibility index (Phi) is 5.22. The van der Waals surface area contributed by atoms with Gasteiger partial charge in [-0.3, -0.25) is 9.89 Å². The summed E-state index contributed by atoms with van der Waals surface area (Å²) in [5.41, 5.74) is 6.10. The average molecular weight is 478 g/mol. The van der Waals surface area contributed by atoms with Crippen molar-refractivity contribution in [3.05, 3.63) is 78.9 Å². The minimum Gasteiger partial charge on any atom is -0.337 e. The van der Waals surface area contributed by atoms with Crippen LogP contribution >= 0.6 is 0 Å². The molecule has 8 nitrogen and oxygen atoms in total. The highest BCUT2D eigenvalue weighted by atomic mass is 19.1. The fraction of sp³-hybridized carbons (Fsp3) is 0.0741. The Hall–Kier alpha value is -4.92. The van der Waals surface area contributed by atoms with Gasteiger partial charge in [0.25, 0.3) is 0 Å². The molecule has 0 radical (unpaired) electrons. The minimum atomic E-state index is -0.298. The molecule has 1 amide bonds. The molecule has 0 spiro atoms. The smallest absolute Gasteiger partial charge is 0.225 e. The molecular formula is C27H20FN7O. The van der Waals surface area contributed by atoms with E-state index in [2.05, 4.69) is 30.5 Å². The number of fused-ring (bicyclic) bond motifs is 2. The van der Waals surface area contributed by atoms with Crippen LogP contribution in [0.5, 0.6) is 0 Å². The monoisotopic (exact) mass is 477 g/mol. The largest absolute Gasteiger partial charge is 0.337 e. The van der Waals surface area contributed by atoms with Crippen LogP contribution in [0.15, 0.2) is 73.1 Å². The van der Waals surface area contributed by atoms with E-state index < -0.39 is 0 Å². The number of hydrogen-bond acceptors (Lipinski definition) is 5. The van der Waals surface area contributed by atoms with Crippen LogP contribution in [0.2, 0.25) is 0 Å². The van der Waals surface area contributed by atoms with Crippen LogP contribution in [0.4, 0.5) is 10.2 Å². The summed E-state index contributed by atoms with van der Waals surface area (Å²) < 4.78 is 13.9. The van der Waals surface area contributed by atoms with Gasteiger partial charge in [0, 0.05) is 35.5 Å². The van der Waals surface area contributed by atoms with Crippen LogP contribution in [-0.2, 0) is 4.79 Å². The first-order valence-electron chi connectivity index (χ1n) is 11.4. The van der Waals surface area contributed by atoms with Crippen LogP contribution in [-0.4, -0.2) is 36.0 Å². The number of H-pyrrole nitrogens is 2. The van der Waals surface area contributed by atoms with Crippen molar-refractivity contribution in [2.45, 2.75) is 13.3 Å². The molecule has 0 aliphatic rings.